The van der Waals surface area contributed by atoms with Gasteiger partial charge in [-0.25, -0.2) is 14.8 Å². The van der Waals surface area contributed by atoms with E-state index in [1.54, 1.807) is 18.2 Å². The van der Waals surface area contributed by atoms with Crippen LogP contribution < -0.4 is 16.0 Å². The number of carbonyl (C=O) groups excluding carboxylic acids is 1. The maximum absolute atomic E-state index is 12.6. The first-order valence-electron chi connectivity index (χ1n) is 9.62. The number of halogens is 2. The van der Waals surface area contributed by atoms with E-state index >= 15 is 0 Å². The Hall–Kier alpha value is -3.16. The maximum atomic E-state index is 12.6. The molecule has 160 valence electrons. The molecular formula is C22H22Cl2N6O. The summed E-state index contributed by atoms with van der Waals surface area (Å²) in [5.41, 5.74) is 4.00. The van der Waals surface area contributed by atoms with Crippen LogP contribution in [0, 0.1) is 13.8 Å². The molecule has 1 aromatic heterocycles. The number of aromatic nitrogens is 2. The third-order valence-corrected chi connectivity index (χ3v) is 4.96. The summed E-state index contributed by atoms with van der Waals surface area (Å²) in [5.74, 6) is 0.409. The first kappa shape index (κ1) is 22.5. The van der Waals surface area contributed by atoms with Gasteiger partial charge in [0.2, 0.25) is 5.96 Å². The van der Waals surface area contributed by atoms with Crippen LogP contribution in [0.5, 0.6) is 0 Å². The molecule has 0 spiro atoms. The van der Waals surface area contributed by atoms with Crippen LogP contribution in [0.2, 0.25) is 10.0 Å². The molecule has 0 radical (unpaired) electrons. The average Bonchev–Trinajstić information content (AvgIpc) is 2.70. The summed E-state index contributed by atoms with van der Waals surface area (Å²) in [6.07, 6.45) is 0.932. The first-order valence-corrected chi connectivity index (χ1v) is 10.4. The third kappa shape index (κ3) is 6.67. The van der Waals surface area contributed by atoms with Gasteiger partial charge in [0.05, 0.1) is 10.0 Å². The molecule has 3 rings (SSSR count). The number of amides is 2. The van der Waals surface area contributed by atoms with Crippen LogP contribution in [0.3, 0.4) is 0 Å². The maximum Gasteiger partial charge on any atom is 0.326 e. The van der Waals surface area contributed by atoms with Crippen LogP contribution in [-0.4, -0.2) is 22.0 Å². The quantitative estimate of drug-likeness (QED) is 0.337. The molecule has 0 aliphatic carbocycles. The van der Waals surface area contributed by atoms with Crippen LogP contribution in [0.15, 0.2) is 53.5 Å². The van der Waals surface area contributed by atoms with Gasteiger partial charge in [-0.05, 0) is 62.2 Å². The minimum Gasteiger partial charge on any atom is -0.326 e. The molecule has 0 atom stereocenters. The average molecular weight is 457 g/mol. The Balaban J connectivity index is 1.83. The van der Waals surface area contributed by atoms with E-state index in [4.69, 9.17) is 23.2 Å². The van der Waals surface area contributed by atoms with Crippen molar-refractivity contribution in [3.8, 4) is 0 Å². The number of hydrogen-bond acceptors (Lipinski definition) is 4. The molecule has 1 heterocycles. The normalized spacial score (nSPS) is 11.2. The van der Waals surface area contributed by atoms with E-state index in [2.05, 4.69) is 37.8 Å². The van der Waals surface area contributed by atoms with E-state index in [0.29, 0.717) is 15.7 Å². The number of carbonyl (C=O) groups is 1. The van der Waals surface area contributed by atoms with Crippen molar-refractivity contribution in [3.05, 3.63) is 75.5 Å². The smallest absolute Gasteiger partial charge is 0.326 e. The molecule has 0 saturated heterocycles. The van der Waals surface area contributed by atoms with Gasteiger partial charge < -0.3 is 10.6 Å². The lowest BCUT2D eigenvalue weighted by Gasteiger charge is -2.13. The second-order valence-corrected chi connectivity index (χ2v) is 7.61. The highest BCUT2D eigenvalue weighted by atomic mass is 35.5. The van der Waals surface area contributed by atoms with Crippen molar-refractivity contribution < 1.29 is 4.79 Å². The second-order valence-electron chi connectivity index (χ2n) is 6.79. The zero-order valence-electron chi connectivity index (χ0n) is 17.3. The van der Waals surface area contributed by atoms with Gasteiger partial charge in [0.25, 0.3) is 5.95 Å². The lowest BCUT2D eigenvalue weighted by Crippen LogP contribution is -2.38. The summed E-state index contributed by atoms with van der Waals surface area (Å²) in [4.78, 5) is 25.6. The van der Waals surface area contributed by atoms with E-state index in [1.165, 1.54) is 5.56 Å². The molecular weight excluding hydrogens is 435 g/mol. The number of aliphatic imine (C=N–C) groups is 1. The summed E-state index contributed by atoms with van der Waals surface area (Å²) in [5, 5.41) is 9.24. The number of hydrogen-bond donors (Lipinski definition) is 3. The minimum atomic E-state index is -0.515. The van der Waals surface area contributed by atoms with Crippen molar-refractivity contribution in [2.45, 2.75) is 27.2 Å². The van der Waals surface area contributed by atoms with Crippen molar-refractivity contribution in [1.82, 2.24) is 15.3 Å². The van der Waals surface area contributed by atoms with Crippen LogP contribution in [-0.2, 0) is 6.42 Å². The Morgan fingerprint density at radius 1 is 0.903 bits per heavy atom. The number of nitrogens with one attached hydrogen (secondary N) is 3. The van der Waals surface area contributed by atoms with Crippen LogP contribution in [0.25, 0.3) is 0 Å². The van der Waals surface area contributed by atoms with Crippen molar-refractivity contribution in [2.24, 2.45) is 4.99 Å². The Morgan fingerprint density at radius 3 is 2.16 bits per heavy atom. The molecule has 2 amide bonds. The van der Waals surface area contributed by atoms with Gasteiger partial charge >= 0.3 is 6.03 Å². The summed E-state index contributed by atoms with van der Waals surface area (Å²) in [7, 11) is 0. The highest BCUT2D eigenvalue weighted by Gasteiger charge is 2.10. The highest BCUT2D eigenvalue weighted by molar-refractivity contribution is 6.42. The summed E-state index contributed by atoms with van der Waals surface area (Å²) in [6.45, 7) is 5.80. The third-order valence-electron chi connectivity index (χ3n) is 4.22. The molecule has 0 aliphatic rings. The number of nitrogens with zero attached hydrogens (tertiary/aromatic N) is 3. The fraction of sp³-hybridized carbons (Fsp3) is 0.182. The molecule has 0 saturated carbocycles. The van der Waals surface area contributed by atoms with Crippen molar-refractivity contribution in [2.75, 3.05) is 10.6 Å². The second kappa shape index (κ2) is 10.2. The fourth-order valence-electron chi connectivity index (χ4n) is 2.75. The molecule has 0 bridgehead atoms. The van der Waals surface area contributed by atoms with Gasteiger partial charge in [-0.2, -0.15) is 4.99 Å². The Morgan fingerprint density at radius 2 is 1.55 bits per heavy atom. The Labute approximate surface area is 190 Å². The fourth-order valence-corrected chi connectivity index (χ4v) is 3.05. The van der Waals surface area contributed by atoms with Gasteiger partial charge in [-0.3, -0.25) is 5.32 Å². The van der Waals surface area contributed by atoms with Gasteiger partial charge in [0.1, 0.15) is 0 Å². The molecule has 3 aromatic rings. The lowest BCUT2D eigenvalue weighted by molar-refractivity contribution is 0.256. The number of anilines is 2. The Kier molecular flexibility index (Phi) is 7.44. The molecule has 2 aromatic carbocycles. The minimum absolute atomic E-state index is 0.173. The van der Waals surface area contributed by atoms with E-state index in [9.17, 15) is 4.79 Å². The molecule has 31 heavy (non-hydrogen) atoms. The first-order chi connectivity index (χ1) is 14.8. The van der Waals surface area contributed by atoms with Crippen LogP contribution >= 0.6 is 23.2 Å². The molecule has 0 aliphatic heterocycles. The van der Waals surface area contributed by atoms with E-state index in [0.717, 1.165) is 23.5 Å². The van der Waals surface area contributed by atoms with E-state index in [1.807, 2.05) is 44.2 Å². The predicted octanol–water partition coefficient (Wildman–Crippen LogP) is 5.88. The topological polar surface area (TPSA) is 91.3 Å². The summed E-state index contributed by atoms with van der Waals surface area (Å²) in [6, 6.07) is 14.0. The zero-order valence-corrected chi connectivity index (χ0v) is 18.8. The van der Waals surface area contributed by atoms with Crippen molar-refractivity contribution >= 4 is 52.5 Å². The van der Waals surface area contributed by atoms with Gasteiger partial charge in [-0.1, -0.05) is 42.3 Å². The van der Waals surface area contributed by atoms with Gasteiger partial charge in [-0.15, -0.1) is 0 Å². The molecule has 7 nitrogen and oxygen atoms in total. The number of guanidine groups is 1. The molecule has 9 heteroatoms. The molecule has 3 N–H and O–H groups in total. The number of aryl methyl sites for hydroxylation is 3. The summed E-state index contributed by atoms with van der Waals surface area (Å²) < 4.78 is 0. The van der Waals surface area contributed by atoms with Crippen molar-refractivity contribution in [1.29, 1.82) is 0 Å². The molecule has 0 fully saturated rings. The van der Waals surface area contributed by atoms with Crippen LogP contribution in [0.1, 0.15) is 23.9 Å². The van der Waals surface area contributed by atoms with E-state index in [-0.39, 0.29) is 11.9 Å². The van der Waals surface area contributed by atoms with Gasteiger partial charge in [0.15, 0.2) is 0 Å². The highest BCUT2D eigenvalue weighted by Crippen LogP contribution is 2.25. The largest absolute Gasteiger partial charge is 0.326 e. The van der Waals surface area contributed by atoms with Crippen LogP contribution in [0.4, 0.5) is 22.1 Å². The monoisotopic (exact) mass is 456 g/mol. The number of urea groups is 1. The van der Waals surface area contributed by atoms with Gasteiger partial charge in [0, 0.05) is 22.8 Å². The predicted molar refractivity (Wildman–Crippen MR) is 127 cm³/mol. The Bertz CT molecular complexity index is 1100. The SMILES string of the molecule is CCc1ccc(N/C(=N/c2nc(C)cc(C)n2)NC(=O)Nc2ccc(Cl)c(Cl)c2)cc1. The summed E-state index contributed by atoms with van der Waals surface area (Å²) >= 11 is 11.9. The number of rotatable bonds is 4. The molecule has 0 unspecified atom stereocenters. The zero-order chi connectivity index (χ0) is 22.4. The van der Waals surface area contributed by atoms with Crippen molar-refractivity contribution in [3.63, 3.8) is 0 Å². The van der Waals surface area contributed by atoms with E-state index < -0.39 is 6.03 Å². The standard InChI is InChI=1S/C22H22Cl2N6O/c1-4-15-5-7-16(8-6-15)27-21(29-20-25-13(2)11-14(3)26-20)30-22(31)28-17-9-10-18(23)19(24)12-17/h5-12H,4H2,1-3H3,(H3,25,26,27,28,29,30,31). The lowest BCUT2D eigenvalue weighted by atomic mass is 10.1. The number of benzene rings is 2.